The van der Waals surface area contributed by atoms with Crippen molar-refractivity contribution in [2.24, 2.45) is 0 Å². The van der Waals surface area contributed by atoms with E-state index in [1.54, 1.807) is 20.3 Å². The summed E-state index contributed by atoms with van der Waals surface area (Å²) in [7, 11) is 5.24. The molecule has 1 N–H and O–H groups in total. The van der Waals surface area contributed by atoms with Crippen LogP contribution in [0.2, 0.25) is 5.02 Å². The van der Waals surface area contributed by atoms with Crippen LogP contribution < -0.4 is 10.1 Å². The van der Waals surface area contributed by atoms with Crippen LogP contribution >= 0.6 is 11.6 Å². The average molecular weight is 327 g/mol. The number of rotatable bonds is 6. The first-order chi connectivity index (χ1) is 10.5. The normalized spacial score (nSPS) is 21.8. The van der Waals surface area contributed by atoms with Crippen LogP contribution in [0.15, 0.2) is 18.2 Å². The van der Waals surface area contributed by atoms with E-state index in [4.69, 9.17) is 21.1 Å². The Hall–Kier alpha value is -1.30. The Morgan fingerprint density at radius 1 is 1.45 bits per heavy atom. The number of benzene rings is 1. The van der Waals surface area contributed by atoms with Gasteiger partial charge in [-0.05, 0) is 37.6 Å². The number of nitrogens with zero attached hydrogens (tertiary/aromatic N) is 1. The lowest BCUT2D eigenvalue weighted by Gasteiger charge is -2.18. The van der Waals surface area contributed by atoms with Gasteiger partial charge in [-0.15, -0.1) is 0 Å². The Kier molecular flexibility index (Phi) is 6.06. The van der Waals surface area contributed by atoms with Gasteiger partial charge >= 0.3 is 0 Å². The smallest absolute Gasteiger partial charge is 0.237 e. The minimum Gasteiger partial charge on any atom is -0.497 e. The molecular formula is C16H23ClN2O3. The molecule has 1 amide bonds. The van der Waals surface area contributed by atoms with E-state index < -0.39 is 0 Å². The molecule has 1 aliphatic rings. The standard InChI is InChI=1S/C16H23ClN2O3/c1-19-10-13(22-3)9-15(19)16(20)18-7-6-11-4-5-12(21-2)8-14(11)17/h4-5,8,13,15H,6-7,9-10H2,1-3H3,(H,18,20)/t13-,15-/m0/s1. The molecule has 2 atom stereocenters. The highest BCUT2D eigenvalue weighted by atomic mass is 35.5. The van der Waals surface area contributed by atoms with Crippen molar-refractivity contribution >= 4 is 17.5 Å². The number of ether oxygens (including phenoxy) is 2. The topological polar surface area (TPSA) is 50.8 Å². The van der Waals surface area contributed by atoms with Crippen molar-refractivity contribution in [3.8, 4) is 5.75 Å². The Morgan fingerprint density at radius 3 is 2.82 bits per heavy atom. The number of hydrogen-bond acceptors (Lipinski definition) is 4. The van der Waals surface area contributed by atoms with Gasteiger partial charge in [-0.25, -0.2) is 0 Å². The zero-order chi connectivity index (χ0) is 16.1. The molecule has 5 nitrogen and oxygen atoms in total. The van der Waals surface area contributed by atoms with Gasteiger partial charge in [-0.3, -0.25) is 9.69 Å². The van der Waals surface area contributed by atoms with Gasteiger partial charge in [-0.1, -0.05) is 17.7 Å². The van der Waals surface area contributed by atoms with E-state index in [-0.39, 0.29) is 18.1 Å². The van der Waals surface area contributed by atoms with Crippen molar-refractivity contribution in [2.75, 3.05) is 34.4 Å². The fourth-order valence-corrected chi connectivity index (χ4v) is 2.99. The van der Waals surface area contributed by atoms with Gasteiger partial charge in [0.2, 0.25) is 5.91 Å². The molecule has 0 unspecified atom stereocenters. The second-order valence-corrected chi connectivity index (χ2v) is 5.95. The number of halogens is 1. The van der Waals surface area contributed by atoms with Gasteiger partial charge in [0.1, 0.15) is 5.75 Å². The molecule has 122 valence electrons. The Balaban J connectivity index is 1.82. The minimum absolute atomic E-state index is 0.0479. The Morgan fingerprint density at radius 2 is 2.23 bits per heavy atom. The maximum Gasteiger partial charge on any atom is 0.237 e. The van der Waals surface area contributed by atoms with Crippen LogP contribution in [-0.4, -0.2) is 57.3 Å². The summed E-state index contributed by atoms with van der Waals surface area (Å²) in [4.78, 5) is 14.3. The summed E-state index contributed by atoms with van der Waals surface area (Å²) >= 11 is 6.19. The highest BCUT2D eigenvalue weighted by Gasteiger charge is 2.34. The molecule has 0 aliphatic carbocycles. The molecule has 1 aromatic carbocycles. The summed E-state index contributed by atoms with van der Waals surface area (Å²) in [6.45, 7) is 1.35. The van der Waals surface area contributed by atoms with Gasteiger partial charge in [0.15, 0.2) is 0 Å². The molecule has 0 radical (unpaired) electrons. The predicted octanol–water partition coefficient (Wildman–Crippen LogP) is 1.73. The number of likely N-dealkylation sites (tertiary alicyclic amines) is 1. The predicted molar refractivity (Wildman–Crippen MR) is 86.5 cm³/mol. The van der Waals surface area contributed by atoms with Gasteiger partial charge in [0.25, 0.3) is 0 Å². The van der Waals surface area contributed by atoms with Crippen LogP contribution in [0.4, 0.5) is 0 Å². The van der Waals surface area contributed by atoms with Gasteiger partial charge in [0, 0.05) is 25.2 Å². The fourth-order valence-electron chi connectivity index (χ4n) is 2.73. The summed E-state index contributed by atoms with van der Waals surface area (Å²) in [6, 6.07) is 5.47. The largest absolute Gasteiger partial charge is 0.497 e. The number of amides is 1. The number of carbonyl (C=O) groups excluding carboxylic acids is 1. The number of methoxy groups -OCH3 is 2. The lowest BCUT2D eigenvalue weighted by Crippen LogP contribution is -2.42. The SMILES string of the molecule is COc1ccc(CCNC(=O)[C@@H]2C[C@H](OC)CN2C)c(Cl)c1. The van der Waals surface area contributed by atoms with Crippen LogP contribution in [0, 0.1) is 0 Å². The van der Waals surface area contributed by atoms with Gasteiger partial charge in [0.05, 0.1) is 19.3 Å². The Bertz CT molecular complexity index is 524. The fraction of sp³-hybridized carbons (Fsp3) is 0.562. The first-order valence-corrected chi connectivity index (χ1v) is 7.76. The van der Waals surface area contributed by atoms with Crippen molar-refractivity contribution in [2.45, 2.75) is 25.0 Å². The molecule has 1 saturated heterocycles. The number of hydrogen-bond donors (Lipinski definition) is 1. The van der Waals surface area contributed by atoms with E-state index in [2.05, 4.69) is 5.32 Å². The third kappa shape index (κ3) is 4.12. The highest BCUT2D eigenvalue weighted by Crippen LogP contribution is 2.22. The van der Waals surface area contributed by atoms with E-state index in [0.717, 1.165) is 24.3 Å². The van der Waals surface area contributed by atoms with E-state index in [0.29, 0.717) is 18.0 Å². The maximum atomic E-state index is 12.2. The third-order valence-corrected chi connectivity index (χ3v) is 4.45. The maximum absolute atomic E-state index is 12.2. The van der Waals surface area contributed by atoms with Crippen LogP contribution in [0.25, 0.3) is 0 Å². The van der Waals surface area contributed by atoms with Crippen molar-refractivity contribution in [1.82, 2.24) is 10.2 Å². The number of likely N-dealkylation sites (N-methyl/N-ethyl adjacent to an activating group) is 1. The summed E-state index contributed by atoms with van der Waals surface area (Å²) in [5, 5.41) is 3.64. The van der Waals surface area contributed by atoms with E-state index in [9.17, 15) is 4.79 Å². The monoisotopic (exact) mass is 326 g/mol. The van der Waals surface area contributed by atoms with Crippen molar-refractivity contribution in [3.63, 3.8) is 0 Å². The second-order valence-electron chi connectivity index (χ2n) is 5.55. The summed E-state index contributed by atoms with van der Waals surface area (Å²) < 4.78 is 10.4. The van der Waals surface area contributed by atoms with Crippen molar-refractivity contribution in [1.29, 1.82) is 0 Å². The van der Waals surface area contributed by atoms with Gasteiger partial charge < -0.3 is 14.8 Å². The molecule has 1 heterocycles. The molecule has 1 aliphatic heterocycles. The van der Waals surface area contributed by atoms with E-state index in [1.807, 2.05) is 24.1 Å². The second kappa shape index (κ2) is 7.81. The molecule has 0 saturated carbocycles. The van der Waals surface area contributed by atoms with Crippen molar-refractivity contribution < 1.29 is 14.3 Å². The number of nitrogens with one attached hydrogen (secondary N) is 1. The number of carbonyl (C=O) groups is 1. The quantitative estimate of drug-likeness (QED) is 0.865. The molecule has 6 heteroatoms. The Labute approximate surface area is 136 Å². The molecule has 1 fully saturated rings. The zero-order valence-corrected chi connectivity index (χ0v) is 14.0. The summed E-state index contributed by atoms with van der Waals surface area (Å²) in [6.07, 6.45) is 1.57. The molecule has 22 heavy (non-hydrogen) atoms. The first-order valence-electron chi connectivity index (χ1n) is 7.38. The average Bonchev–Trinajstić information content (AvgIpc) is 2.89. The van der Waals surface area contributed by atoms with Crippen LogP contribution in [0.5, 0.6) is 5.75 Å². The highest BCUT2D eigenvalue weighted by molar-refractivity contribution is 6.31. The first kappa shape index (κ1) is 17.1. The van der Waals surface area contributed by atoms with Gasteiger partial charge in [-0.2, -0.15) is 0 Å². The third-order valence-electron chi connectivity index (χ3n) is 4.10. The summed E-state index contributed by atoms with van der Waals surface area (Å²) in [5.41, 5.74) is 0.998. The molecule has 2 rings (SSSR count). The summed E-state index contributed by atoms with van der Waals surface area (Å²) in [5.74, 6) is 0.780. The van der Waals surface area contributed by atoms with Crippen LogP contribution in [-0.2, 0) is 16.0 Å². The van der Waals surface area contributed by atoms with E-state index in [1.165, 1.54) is 0 Å². The lowest BCUT2D eigenvalue weighted by molar-refractivity contribution is -0.125. The molecule has 0 bridgehead atoms. The molecule has 1 aromatic rings. The van der Waals surface area contributed by atoms with Crippen molar-refractivity contribution in [3.05, 3.63) is 28.8 Å². The van der Waals surface area contributed by atoms with E-state index >= 15 is 0 Å². The molecule has 0 aromatic heterocycles. The minimum atomic E-state index is -0.115. The molecular weight excluding hydrogens is 304 g/mol. The van der Waals surface area contributed by atoms with Crippen LogP contribution in [0.1, 0.15) is 12.0 Å². The zero-order valence-electron chi connectivity index (χ0n) is 13.3. The lowest BCUT2D eigenvalue weighted by atomic mass is 10.1. The van der Waals surface area contributed by atoms with Crippen LogP contribution in [0.3, 0.4) is 0 Å². The molecule has 0 spiro atoms.